The summed E-state index contributed by atoms with van der Waals surface area (Å²) in [6.07, 6.45) is 6.31. The lowest BCUT2D eigenvalue weighted by molar-refractivity contribution is 0.0635. The number of rotatable bonds is 5. The second-order valence-electron chi connectivity index (χ2n) is 7.06. The Morgan fingerprint density at radius 2 is 2.23 bits per heavy atom. The maximum Gasteiger partial charge on any atom is 0.413 e. The molecule has 0 aliphatic heterocycles. The fraction of sp³-hybridized carbons (Fsp3) is 0.750. The second-order valence-corrected chi connectivity index (χ2v) is 7.06. The summed E-state index contributed by atoms with van der Waals surface area (Å²) in [4.78, 5) is 11.8. The SMILES string of the molecule is CCC1CCC(NCc2cn[nH]c2NC(=O)OC(C)(C)C)C1. The third-order valence-electron chi connectivity index (χ3n) is 4.04. The van der Waals surface area contributed by atoms with Gasteiger partial charge in [-0.25, -0.2) is 4.79 Å². The first-order chi connectivity index (χ1) is 10.4. The summed E-state index contributed by atoms with van der Waals surface area (Å²) < 4.78 is 5.25. The van der Waals surface area contributed by atoms with Crippen molar-refractivity contribution in [3.05, 3.63) is 11.8 Å². The van der Waals surface area contributed by atoms with Gasteiger partial charge in [-0.1, -0.05) is 13.3 Å². The van der Waals surface area contributed by atoms with Crippen molar-refractivity contribution >= 4 is 11.9 Å². The summed E-state index contributed by atoms with van der Waals surface area (Å²) in [5, 5.41) is 13.1. The Labute approximate surface area is 132 Å². The van der Waals surface area contributed by atoms with Gasteiger partial charge < -0.3 is 10.1 Å². The monoisotopic (exact) mass is 308 g/mol. The van der Waals surface area contributed by atoms with E-state index in [4.69, 9.17) is 4.74 Å². The molecule has 6 heteroatoms. The molecule has 0 saturated heterocycles. The molecule has 1 aliphatic carbocycles. The molecule has 1 saturated carbocycles. The number of ether oxygens (including phenoxy) is 1. The van der Waals surface area contributed by atoms with E-state index < -0.39 is 11.7 Å². The van der Waals surface area contributed by atoms with E-state index >= 15 is 0 Å². The summed E-state index contributed by atoms with van der Waals surface area (Å²) in [6.45, 7) is 8.47. The van der Waals surface area contributed by atoms with Crippen molar-refractivity contribution in [3.63, 3.8) is 0 Å². The average Bonchev–Trinajstić information content (AvgIpc) is 3.02. The van der Waals surface area contributed by atoms with Gasteiger partial charge in [-0.2, -0.15) is 5.10 Å². The summed E-state index contributed by atoms with van der Waals surface area (Å²) in [5.41, 5.74) is 0.437. The number of aromatic amines is 1. The molecule has 6 nitrogen and oxygen atoms in total. The van der Waals surface area contributed by atoms with Gasteiger partial charge in [0, 0.05) is 18.2 Å². The number of H-pyrrole nitrogens is 1. The fourth-order valence-corrected chi connectivity index (χ4v) is 2.84. The first-order valence-corrected chi connectivity index (χ1v) is 8.13. The van der Waals surface area contributed by atoms with Gasteiger partial charge in [0.2, 0.25) is 0 Å². The molecule has 3 N–H and O–H groups in total. The van der Waals surface area contributed by atoms with Crippen LogP contribution < -0.4 is 10.6 Å². The van der Waals surface area contributed by atoms with E-state index in [1.54, 1.807) is 6.20 Å². The minimum atomic E-state index is -0.512. The number of nitrogens with zero attached hydrogens (tertiary/aromatic N) is 1. The molecule has 0 radical (unpaired) electrons. The molecule has 0 spiro atoms. The molecule has 124 valence electrons. The normalized spacial score (nSPS) is 21.8. The second kappa shape index (κ2) is 7.13. The largest absolute Gasteiger partial charge is 0.444 e. The first kappa shape index (κ1) is 16.8. The highest BCUT2D eigenvalue weighted by Crippen LogP contribution is 2.28. The van der Waals surface area contributed by atoms with Crippen LogP contribution in [0.15, 0.2) is 6.20 Å². The van der Waals surface area contributed by atoms with Crippen molar-refractivity contribution < 1.29 is 9.53 Å². The summed E-state index contributed by atoms with van der Waals surface area (Å²) in [7, 11) is 0. The molecule has 0 aromatic carbocycles. The van der Waals surface area contributed by atoms with Crippen molar-refractivity contribution in [2.45, 2.75) is 71.6 Å². The number of nitrogens with one attached hydrogen (secondary N) is 3. The predicted octanol–water partition coefficient (Wildman–Crippen LogP) is 3.43. The number of carbonyl (C=O) groups is 1. The molecule has 22 heavy (non-hydrogen) atoms. The van der Waals surface area contributed by atoms with Crippen molar-refractivity contribution in [3.8, 4) is 0 Å². The fourth-order valence-electron chi connectivity index (χ4n) is 2.84. The number of amides is 1. The molecule has 2 atom stereocenters. The lowest BCUT2D eigenvalue weighted by atomic mass is 10.1. The minimum Gasteiger partial charge on any atom is -0.444 e. The Balaban J connectivity index is 1.83. The Morgan fingerprint density at radius 3 is 2.86 bits per heavy atom. The minimum absolute atomic E-state index is 0.468. The molecule has 0 bridgehead atoms. The van der Waals surface area contributed by atoms with Gasteiger partial charge in [-0.15, -0.1) is 0 Å². The highest BCUT2D eigenvalue weighted by Gasteiger charge is 2.23. The van der Waals surface area contributed by atoms with Gasteiger partial charge in [0.25, 0.3) is 0 Å². The van der Waals surface area contributed by atoms with Gasteiger partial charge >= 0.3 is 6.09 Å². The van der Waals surface area contributed by atoms with E-state index in [1.807, 2.05) is 20.8 Å². The van der Waals surface area contributed by atoms with Gasteiger partial charge in [-0.3, -0.25) is 10.4 Å². The van der Waals surface area contributed by atoms with Crippen LogP contribution in [0.2, 0.25) is 0 Å². The summed E-state index contributed by atoms with van der Waals surface area (Å²) in [6, 6.07) is 0.564. The molecule has 1 fully saturated rings. The molecule has 1 aromatic heterocycles. The molecular weight excluding hydrogens is 280 g/mol. The van der Waals surface area contributed by atoms with Crippen LogP contribution >= 0.6 is 0 Å². The van der Waals surface area contributed by atoms with Crippen LogP contribution in [0.25, 0.3) is 0 Å². The van der Waals surface area contributed by atoms with Gasteiger partial charge in [0.15, 0.2) is 0 Å². The lowest BCUT2D eigenvalue weighted by Gasteiger charge is -2.19. The average molecular weight is 308 g/mol. The van der Waals surface area contributed by atoms with Crippen LogP contribution in [0, 0.1) is 5.92 Å². The van der Waals surface area contributed by atoms with Gasteiger partial charge in [0.05, 0.1) is 6.20 Å². The van der Waals surface area contributed by atoms with Crippen LogP contribution in [0.4, 0.5) is 10.6 Å². The van der Waals surface area contributed by atoms with E-state index in [9.17, 15) is 4.79 Å². The number of carbonyl (C=O) groups excluding carboxylic acids is 1. The van der Waals surface area contributed by atoms with Crippen LogP contribution in [0.5, 0.6) is 0 Å². The van der Waals surface area contributed by atoms with Crippen molar-refractivity contribution in [1.29, 1.82) is 0 Å². The predicted molar refractivity (Wildman–Crippen MR) is 86.7 cm³/mol. The highest BCUT2D eigenvalue weighted by atomic mass is 16.6. The van der Waals surface area contributed by atoms with Gasteiger partial charge in [0.1, 0.15) is 11.4 Å². The van der Waals surface area contributed by atoms with E-state index in [2.05, 4.69) is 27.8 Å². The van der Waals surface area contributed by atoms with Gasteiger partial charge in [-0.05, 0) is 46.0 Å². The topological polar surface area (TPSA) is 79.0 Å². The summed E-state index contributed by atoms with van der Waals surface area (Å²) in [5.74, 6) is 1.45. The third-order valence-corrected chi connectivity index (χ3v) is 4.04. The number of anilines is 1. The van der Waals surface area contributed by atoms with Crippen LogP contribution in [-0.4, -0.2) is 27.9 Å². The molecule has 1 aliphatic rings. The molecule has 2 unspecified atom stereocenters. The maximum atomic E-state index is 11.8. The Bertz CT molecular complexity index is 493. The van der Waals surface area contributed by atoms with Crippen LogP contribution in [0.1, 0.15) is 58.9 Å². The highest BCUT2D eigenvalue weighted by molar-refractivity contribution is 5.84. The zero-order valence-electron chi connectivity index (χ0n) is 14.0. The Morgan fingerprint density at radius 1 is 1.45 bits per heavy atom. The van der Waals surface area contributed by atoms with Crippen molar-refractivity contribution in [2.24, 2.45) is 5.92 Å². The van der Waals surface area contributed by atoms with E-state index in [-0.39, 0.29) is 0 Å². The molecule has 1 amide bonds. The Hall–Kier alpha value is -1.56. The third kappa shape index (κ3) is 5.02. The quantitative estimate of drug-likeness (QED) is 0.778. The van der Waals surface area contributed by atoms with Crippen molar-refractivity contribution in [2.75, 3.05) is 5.32 Å². The van der Waals surface area contributed by atoms with E-state index in [1.165, 1.54) is 25.7 Å². The summed E-state index contributed by atoms with van der Waals surface area (Å²) >= 11 is 0. The first-order valence-electron chi connectivity index (χ1n) is 8.13. The van der Waals surface area contributed by atoms with E-state index in [0.717, 1.165) is 11.5 Å². The molecular formula is C16H28N4O2. The standard InChI is InChI=1S/C16H28N4O2/c1-5-11-6-7-13(8-11)17-9-12-10-18-20-14(12)19-15(21)22-16(2,3)4/h10-11,13,17H,5-9H2,1-4H3,(H2,18,19,20,21). The lowest BCUT2D eigenvalue weighted by Crippen LogP contribution is -2.29. The zero-order valence-corrected chi connectivity index (χ0v) is 14.0. The number of hydrogen-bond acceptors (Lipinski definition) is 4. The van der Waals surface area contributed by atoms with Crippen molar-refractivity contribution in [1.82, 2.24) is 15.5 Å². The number of hydrogen-bond donors (Lipinski definition) is 3. The molecule has 1 aromatic rings. The zero-order chi connectivity index (χ0) is 16.2. The number of aromatic nitrogens is 2. The maximum absolute atomic E-state index is 11.8. The molecule has 1 heterocycles. The Kier molecular flexibility index (Phi) is 5.45. The van der Waals surface area contributed by atoms with E-state index in [0.29, 0.717) is 18.4 Å². The smallest absolute Gasteiger partial charge is 0.413 e. The van der Waals surface area contributed by atoms with Crippen LogP contribution in [-0.2, 0) is 11.3 Å². The molecule has 2 rings (SSSR count). The van der Waals surface area contributed by atoms with Crippen LogP contribution in [0.3, 0.4) is 0 Å².